The quantitative estimate of drug-likeness (QED) is 0.760. The van der Waals surface area contributed by atoms with Crippen molar-refractivity contribution >= 4 is 27.7 Å². The van der Waals surface area contributed by atoms with Crippen molar-refractivity contribution < 1.29 is 5.11 Å². The molecule has 0 aliphatic heterocycles. The number of nitrogens with one attached hydrogen (secondary N) is 1. The molecule has 0 aromatic heterocycles. The lowest BCUT2D eigenvalue weighted by Gasteiger charge is -2.20. The van der Waals surface area contributed by atoms with Crippen LogP contribution in [-0.2, 0) is 6.42 Å². The van der Waals surface area contributed by atoms with Crippen molar-refractivity contribution in [2.75, 3.05) is 18.1 Å². The third kappa shape index (κ3) is 4.48. The van der Waals surface area contributed by atoms with Crippen LogP contribution in [0.4, 0.5) is 0 Å². The van der Waals surface area contributed by atoms with E-state index in [0.29, 0.717) is 12.0 Å². The highest BCUT2D eigenvalue weighted by Crippen LogP contribution is 2.37. The molecule has 0 heterocycles. The summed E-state index contributed by atoms with van der Waals surface area (Å²) in [5, 5.41) is 13.4. The zero-order valence-electron chi connectivity index (χ0n) is 12.4. The van der Waals surface area contributed by atoms with Gasteiger partial charge >= 0.3 is 0 Å². The summed E-state index contributed by atoms with van der Waals surface area (Å²) in [6, 6.07) is 7.08. The maximum Gasteiger partial charge on any atom is 0.0681 e. The number of halogens is 1. The van der Waals surface area contributed by atoms with Gasteiger partial charge in [0, 0.05) is 28.6 Å². The van der Waals surface area contributed by atoms with Crippen molar-refractivity contribution in [1.29, 1.82) is 0 Å². The Hall–Kier alpha value is -0.0300. The van der Waals surface area contributed by atoms with Crippen LogP contribution in [0.1, 0.15) is 37.9 Å². The van der Waals surface area contributed by atoms with E-state index < -0.39 is 5.60 Å². The van der Waals surface area contributed by atoms with Crippen LogP contribution in [0.15, 0.2) is 22.7 Å². The molecule has 0 saturated heterocycles. The molecule has 112 valence electrons. The van der Waals surface area contributed by atoms with Crippen molar-refractivity contribution in [2.24, 2.45) is 5.92 Å². The lowest BCUT2D eigenvalue weighted by atomic mass is 10.0. The normalized spacial score (nSPS) is 22.1. The summed E-state index contributed by atoms with van der Waals surface area (Å²) in [4.78, 5) is 0. The Bertz CT molecular complexity index is 458. The van der Waals surface area contributed by atoms with Crippen molar-refractivity contribution in [2.45, 2.75) is 38.8 Å². The number of thioether (sulfide) groups is 1. The van der Waals surface area contributed by atoms with Gasteiger partial charge < -0.3 is 10.4 Å². The average Bonchev–Trinajstić information content (AvgIpc) is 2.64. The molecular weight excluding hydrogens is 334 g/mol. The summed E-state index contributed by atoms with van der Waals surface area (Å²) in [7, 11) is 0. The van der Waals surface area contributed by atoms with Gasteiger partial charge in [-0.05, 0) is 49.4 Å². The van der Waals surface area contributed by atoms with E-state index in [1.807, 2.05) is 25.6 Å². The number of fused-ring (bicyclic) bond motifs is 1. The molecule has 1 aliphatic carbocycles. The lowest BCUT2D eigenvalue weighted by molar-refractivity contribution is 0.107. The molecule has 0 spiro atoms. The molecule has 0 fully saturated rings. The van der Waals surface area contributed by atoms with E-state index in [-0.39, 0.29) is 0 Å². The van der Waals surface area contributed by atoms with Crippen LogP contribution < -0.4 is 5.32 Å². The van der Waals surface area contributed by atoms with Gasteiger partial charge in [0.05, 0.1) is 5.60 Å². The highest BCUT2D eigenvalue weighted by atomic mass is 79.9. The van der Waals surface area contributed by atoms with Crippen LogP contribution in [-0.4, -0.2) is 28.8 Å². The van der Waals surface area contributed by atoms with Crippen molar-refractivity contribution in [3.8, 4) is 0 Å². The van der Waals surface area contributed by atoms with Gasteiger partial charge in [-0.2, -0.15) is 11.8 Å². The smallest absolute Gasteiger partial charge is 0.0681 e. The van der Waals surface area contributed by atoms with Crippen molar-refractivity contribution in [3.63, 3.8) is 0 Å². The van der Waals surface area contributed by atoms with Crippen LogP contribution in [0.5, 0.6) is 0 Å². The summed E-state index contributed by atoms with van der Waals surface area (Å²) < 4.78 is 1.16. The number of aliphatic hydroxyl groups is 1. The van der Waals surface area contributed by atoms with Gasteiger partial charge in [0.1, 0.15) is 0 Å². The molecule has 2 atom stereocenters. The molecule has 2 rings (SSSR count). The fourth-order valence-electron chi connectivity index (χ4n) is 2.73. The zero-order valence-corrected chi connectivity index (χ0v) is 14.9. The van der Waals surface area contributed by atoms with E-state index in [2.05, 4.69) is 46.4 Å². The zero-order chi connectivity index (χ0) is 14.8. The summed E-state index contributed by atoms with van der Waals surface area (Å²) in [5.74, 6) is 2.48. The minimum Gasteiger partial charge on any atom is -0.390 e. The molecule has 20 heavy (non-hydrogen) atoms. The fraction of sp³-hybridized carbons (Fsp3) is 0.625. The van der Waals surface area contributed by atoms with Gasteiger partial charge in [-0.1, -0.05) is 28.9 Å². The molecule has 1 aliphatic rings. The van der Waals surface area contributed by atoms with E-state index in [0.717, 1.165) is 28.9 Å². The number of rotatable bonds is 6. The first-order chi connectivity index (χ1) is 9.37. The molecule has 2 N–H and O–H groups in total. The Balaban J connectivity index is 1.83. The van der Waals surface area contributed by atoms with Crippen LogP contribution >= 0.6 is 27.7 Å². The monoisotopic (exact) mass is 357 g/mol. The Labute approximate surface area is 134 Å². The molecule has 0 amide bonds. The first-order valence-corrected chi connectivity index (χ1v) is 9.13. The lowest BCUT2D eigenvalue weighted by Crippen LogP contribution is -2.27. The second-order valence-electron chi connectivity index (χ2n) is 6.32. The van der Waals surface area contributed by atoms with Gasteiger partial charge in [-0.3, -0.25) is 0 Å². The summed E-state index contributed by atoms with van der Waals surface area (Å²) in [6.45, 7) is 7.03. The Morgan fingerprint density at radius 1 is 1.45 bits per heavy atom. The number of hydrogen-bond acceptors (Lipinski definition) is 3. The molecule has 2 nitrogen and oxygen atoms in total. The molecular formula is C16H24BrNOS. The highest BCUT2D eigenvalue weighted by Gasteiger charge is 2.28. The minimum absolute atomic E-state index is 0.463. The first kappa shape index (κ1) is 16.3. The molecule has 0 bridgehead atoms. The summed E-state index contributed by atoms with van der Waals surface area (Å²) in [5.41, 5.74) is 2.35. The third-order valence-corrected chi connectivity index (χ3v) is 5.52. The second kappa shape index (κ2) is 6.82. The summed E-state index contributed by atoms with van der Waals surface area (Å²) >= 11 is 5.37. The van der Waals surface area contributed by atoms with Crippen LogP contribution in [0.25, 0.3) is 0 Å². The predicted molar refractivity (Wildman–Crippen MR) is 91.4 cm³/mol. The first-order valence-electron chi connectivity index (χ1n) is 7.18. The fourth-order valence-corrected chi connectivity index (χ4v) is 4.02. The van der Waals surface area contributed by atoms with E-state index >= 15 is 0 Å². The number of benzene rings is 1. The Morgan fingerprint density at radius 3 is 2.90 bits per heavy atom. The standard InChI is InChI=1S/C16H24BrNOS/c1-11-8-12-4-5-13(17)9-14(12)15(11)18-6-7-20-10-16(2,3)19/h4-5,9,11,15,18-19H,6-8,10H2,1-3H3/t11-,15+/m0/s1. The Morgan fingerprint density at radius 2 is 2.20 bits per heavy atom. The van der Waals surface area contributed by atoms with Crippen LogP contribution in [0.3, 0.4) is 0 Å². The Kier molecular flexibility index (Phi) is 5.57. The maximum absolute atomic E-state index is 9.68. The molecule has 0 unspecified atom stereocenters. The van der Waals surface area contributed by atoms with Crippen molar-refractivity contribution in [1.82, 2.24) is 5.32 Å². The van der Waals surface area contributed by atoms with Gasteiger partial charge in [0.25, 0.3) is 0 Å². The molecule has 0 radical (unpaired) electrons. The van der Waals surface area contributed by atoms with Crippen LogP contribution in [0.2, 0.25) is 0 Å². The highest BCUT2D eigenvalue weighted by molar-refractivity contribution is 9.10. The van der Waals surface area contributed by atoms with E-state index in [9.17, 15) is 5.11 Å². The van der Waals surface area contributed by atoms with Gasteiger partial charge in [-0.15, -0.1) is 0 Å². The largest absolute Gasteiger partial charge is 0.390 e. The van der Waals surface area contributed by atoms with Gasteiger partial charge in [0.2, 0.25) is 0 Å². The average molecular weight is 358 g/mol. The van der Waals surface area contributed by atoms with E-state index in [1.165, 1.54) is 11.1 Å². The maximum atomic E-state index is 9.68. The minimum atomic E-state index is -0.567. The molecule has 1 aromatic carbocycles. The van der Waals surface area contributed by atoms with Gasteiger partial charge in [0.15, 0.2) is 0 Å². The number of hydrogen-bond donors (Lipinski definition) is 2. The molecule has 4 heteroatoms. The summed E-state index contributed by atoms with van der Waals surface area (Å²) in [6.07, 6.45) is 1.16. The second-order valence-corrected chi connectivity index (χ2v) is 8.34. The molecule has 1 aromatic rings. The molecule has 0 saturated carbocycles. The SMILES string of the molecule is C[C@H]1Cc2ccc(Br)cc2[C@@H]1NCCSCC(C)(C)O. The third-order valence-electron chi connectivity index (χ3n) is 3.62. The predicted octanol–water partition coefficient (Wildman–Crippen LogP) is 3.78. The van der Waals surface area contributed by atoms with Crippen LogP contribution in [0, 0.1) is 5.92 Å². The topological polar surface area (TPSA) is 32.3 Å². The van der Waals surface area contributed by atoms with E-state index in [1.54, 1.807) is 0 Å². The van der Waals surface area contributed by atoms with Gasteiger partial charge in [-0.25, -0.2) is 0 Å². The van der Waals surface area contributed by atoms with E-state index in [4.69, 9.17) is 0 Å². The van der Waals surface area contributed by atoms with Crippen molar-refractivity contribution in [3.05, 3.63) is 33.8 Å².